The van der Waals surface area contributed by atoms with E-state index < -0.39 is 18.1 Å². The van der Waals surface area contributed by atoms with Crippen LogP contribution in [-0.2, 0) is 9.53 Å². The third-order valence-electron chi connectivity index (χ3n) is 4.08. The fraction of sp³-hybridized carbons (Fsp3) is 0.158. The lowest BCUT2D eigenvalue weighted by Crippen LogP contribution is -2.29. The summed E-state index contributed by atoms with van der Waals surface area (Å²) < 4.78 is 10.8. The van der Waals surface area contributed by atoms with Crippen LogP contribution >= 0.6 is 11.6 Å². The molecule has 2 atom stereocenters. The first-order valence-electron chi connectivity index (χ1n) is 8.27. The molecule has 1 aliphatic heterocycles. The molecule has 2 heterocycles. The highest BCUT2D eigenvalue weighted by Crippen LogP contribution is 2.29. The second kappa shape index (κ2) is 7.20. The standard InChI is InChI=1S/C19H15ClN4O3/c1-11-21-16(18(25)26-11)15(12-5-3-2-4-6-12)22-19-24-23-17(27-19)13-7-9-14(20)10-8-13/h2-10,15-16H,1H3,(H,22,24)/t15-,16+/m1/s1. The summed E-state index contributed by atoms with van der Waals surface area (Å²) in [5.41, 5.74) is 1.59. The van der Waals surface area contributed by atoms with Crippen LogP contribution in [-0.4, -0.2) is 28.1 Å². The molecular weight excluding hydrogens is 368 g/mol. The summed E-state index contributed by atoms with van der Waals surface area (Å²) in [6, 6.07) is 15.4. The van der Waals surface area contributed by atoms with Crippen molar-refractivity contribution >= 4 is 29.5 Å². The second-order valence-electron chi connectivity index (χ2n) is 5.97. The van der Waals surface area contributed by atoms with Crippen molar-refractivity contribution in [3.8, 4) is 11.5 Å². The van der Waals surface area contributed by atoms with Crippen molar-refractivity contribution in [2.24, 2.45) is 4.99 Å². The summed E-state index contributed by atoms with van der Waals surface area (Å²) in [6.07, 6.45) is 0. The molecule has 0 saturated heterocycles. The third kappa shape index (κ3) is 3.68. The maximum absolute atomic E-state index is 12.2. The molecule has 0 spiro atoms. The van der Waals surface area contributed by atoms with E-state index in [9.17, 15) is 4.79 Å². The van der Waals surface area contributed by atoms with Gasteiger partial charge in [0.25, 0.3) is 0 Å². The first-order valence-corrected chi connectivity index (χ1v) is 8.65. The first-order chi connectivity index (χ1) is 13.1. The zero-order valence-electron chi connectivity index (χ0n) is 14.3. The van der Waals surface area contributed by atoms with Crippen LogP contribution in [0.1, 0.15) is 18.5 Å². The molecule has 8 heteroatoms. The molecule has 0 bridgehead atoms. The molecule has 1 aliphatic rings. The molecule has 27 heavy (non-hydrogen) atoms. The topological polar surface area (TPSA) is 89.6 Å². The van der Waals surface area contributed by atoms with Gasteiger partial charge in [-0.05, 0) is 29.8 Å². The Balaban J connectivity index is 1.63. The Morgan fingerprint density at radius 2 is 1.81 bits per heavy atom. The maximum Gasteiger partial charge on any atom is 0.339 e. The largest absolute Gasteiger partial charge is 0.411 e. The van der Waals surface area contributed by atoms with Crippen molar-refractivity contribution in [2.75, 3.05) is 5.32 Å². The Morgan fingerprint density at radius 3 is 2.48 bits per heavy atom. The molecule has 0 unspecified atom stereocenters. The number of cyclic esters (lactones) is 1. The summed E-state index contributed by atoms with van der Waals surface area (Å²) in [5.74, 6) is 0.251. The van der Waals surface area contributed by atoms with Crippen molar-refractivity contribution in [3.05, 3.63) is 65.2 Å². The number of rotatable bonds is 5. The number of benzene rings is 2. The van der Waals surface area contributed by atoms with Gasteiger partial charge >= 0.3 is 12.0 Å². The van der Waals surface area contributed by atoms with E-state index in [1.165, 1.54) is 0 Å². The molecule has 0 aliphatic carbocycles. The fourth-order valence-electron chi connectivity index (χ4n) is 2.82. The van der Waals surface area contributed by atoms with E-state index in [0.29, 0.717) is 16.8 Å². The summed E-state index contributed by atoms with van der Waals surface area (Å²) in [6.45, 7) is 1.64. The fourth-order valence-corrected chi connectivity index (χ4v) is 2.95. The zero-order valence-corrected chi connectivity index (χ0v) is 15.1. The van der Waals surface area contributed by atoms with Gasteiger partial charge in [0.1, 0.15) is 0 Å². The normalized spacial score (nSPS) is 17.3. The van der Waals surface area contributed by atoms with E-state index >= 15 is 0 Å². The van der Waals surface area contributed by atoms with Gasteiger partial charge in [0.05, 0.1) is 6.04 Å². The summed E-state index contributed by atoms with van der Waals surface area (Å²) in [5, 5.41) is 11.8. The molecule has 0 saturated carbocycles. The monoisotopic (exact) mass is 382 g/mol. The van der Waals surface area contributed by atoms with E-state index in [2.05, 4.69) is 20.5 Å². The van der Waals surface area contributed by atoms with Crippen LogP contribution in [0.4, 0.5) is 6.01 Å². The van der Waals surface area contributed by atoms with E-state index in [0.717, 1.165) is 11.1 Å². The van der Waals surface area contributed by atoms with Gasteiger partial charge in [-0.3, -0.25) is 0 Å². The number of aromatic nitrogens is 2. The minimum atomic E-state index is -0.738. The third-order valence-corrected chi connectivity index (χ3v) is 4.33. The van der Waals surface area contributed by atoms with Gasteiger partial charge in [-0.1, -0.05) is 47.0 Å². The highest BCUT2D eigenvalue weighted by atomic mass is 35.5. The smallest absolute Gasteiger partial charge is 0.339 e. The van der Waals surface area contributed by atoms with Gasteiger partial charge in [-0.15, -0.1) is 5.10 Å². The lowest BCUT2D eigenvalue weighted by atomic mass is 10.00. The van der Waals surface area contributed by atoms with Gasteiger partial charge in [0.2, 0.25) is 5.89 Å². The van der Waals surface area contributed by atoms with Crippen molar-refractivity contribution in [3.63, 3.8) is 0 Å². The van der Waals surface area contributed by atoms with Crippen LogP contribution in [0, 0.1) is 0 Å². The number of hydrogen-bond acceptors (Lipinski definition) is 7. The lowest BCUT2D eigenvalue weighted by molar-refractivity contribution is -0.135. The number of aliphatic imine (C=N–C) groups is 1. The van der Waals surface area contributed by atoms with Crippen molar-refractivity contribution in [1.82, 2.24) is 10.2 Å². The molecule has 1 N–H and O–H groups in total. The quantitative estimate of drug-likeness (QED) is 0.673. The van der Waals surface area contributed by atoms with Gasteiger partial charge in [-0.2, -0.15) is 0 Å². The Hall–Kier alpha value is -3.19. The molecule has 2 aromatic carbocycles. The molecule has 0 amide bonds. The van der Waals surface area contributed by atoms with Crippen LogP contribution in [0.3, 0.4) is 0 Å². The Morgan fingerprint density at radius 1 is 1.07 bits per heavy atom. The van der Waals surface area contributed by atoms with Crippen LogP contribution in [0.15, 0.2) is 64.0 Å². The second-order valence-corrected chi connectivity index (χ2v) is 6.40. The minimum Gasteiger partial charge on any atom is -0.411 e. The van der Waals surface area contributed by atoms with Crippen molar-refractivity contribution in [2.45, 2.75) is 19.0 Å². The number of halogens is 1. The number of esters is 1. The molecule has 136 valence electrons. The number of carbonyl (C=O) groups excluding carboxylic acids is 1. The molecule has 0 fully saturated rings. The predicted molar refractivity (Wildman–Crippen MR) is 101 cm³/mol. The number of nitrogens with one attached hydrogen (secondary N) is 1. The van der Waals surface area contributed by atoms with E-state index in [4.69, 9.17) is 20.8 Å². The number of ether oxygens (including phenoxy) is 1. The molecule has 7 nitrogen and oxygen atoms in total. The maximum atomic E-state index is 12.2. The minimum absolute atomic E-state index is 0.182. The Kier molecular flexibility index (Phi) is 4.60. The number of anilines is 1. The number of nitrogens with zero attached hydrogens (tertiary/aromatic N) is 3. The highest BCUT2D eigenvalue weighted by Gasteiger charge is 2.36. The van der Waals surface area contributed by atoms with E-state index in [1.807, 2.05) is 30.3 Å². The average molecular weight is 383 g/mol. The van der Waals surface area contributed by atoms with Crippen molar-refractivity contribution in [1.29, 1.82) is 0 Å². The van der Waals surface area contributed by atoms with Crippen LogP contribution in [0.2, 0.25) is 5.02 Å². The lowest BCUT2D eigenvalue weighted by Gasteiger charge is -2.19. The Bertz CT molecular complexity index is 986. The summed E-state index contributed by atoms with van der Waals surface area (Å²) >= 11 is 5.90. The van der Waals surface area contributed by atoms with Gasteiger partial charge < -0.3 is 14.5 Å². The SMILES string of the molecule is CC1=N[C@@H]([C@H](Nc2nnc(-c3ccc(Cl)cc3)o2)c2ccccc2)C(=O)O1. The van der Waals surface area contributed by atoms with Gasteiger partial charge in [-0.25, -0.2) is 9.79 Å². The molecule has 3 aromatic rings. The average Bonchev–Trinajstić information content (AvgIpc) is 3.27. The summed E-state index contributed by atoms with van der Waals surface area (Å²) in [7, 11) is 0. The summed E-state index contributed by atoms with van der Waals surface area (Å²) in [4.78, 5) is 16.5. The molecular formula is C19H15ClN4O3. The van der Waals surface area contributed by atoms with E-state index in [1.54, 1.807) is 31.2 Å². The van der Waals surface area contributed by atoms with Crippen LogP contribution < -0.4 is 5.32 Å². The zero-order chi connectivity index (χ0) is 18.8. The van der Waals surface area contributed by atoms with Crippen molar-refractivity contribution < 1.29 is 13.9 Å². The predicted octanol–water partition coefficient (Wildman–Crippen LogP) is 3.89. The molecule has 4 rings (SSSR count). The van der Waals surface area contributed by atoms with Gasteiger partial charge in [0, 0.05) is 17.5 Å². The molecule has 1 aromatic heterocycles. The van der Waals surface area contributed by atoms with Crippen LogP contribution in [0.5, 0.6) is 0 Å². The van der Waals surface area contributed by atoms with Gasteiger partial charge in [0.15, 0.2) is 11.9 Å². The number of hydrogen-bond donors (Lipinski definition) is 1. The molecule has 0 radical (unpaired) electrons. The number of carbonyl (C=O) groups is 1. The first kappa shape index (κ1) is 17.2. The highest BCUT2D eigenvalue weighted by molar-refractivity contribution is 6.30. The van der Waals surface area contributed by atoms with E-state index in [-0.39, 0.29) is 6.01 Å². The van der Waals surface area contributed by atoms with Crippen LogP contribution in [0.25, 0.3) is 11.5 Å². The Labute approximate surface area is 160 Å².